The van der Waals surface area contributed by atoms with Crippen LogP contribution in [-0.2, 0) is 9.84 Å². The number of sulfone groups is 1. The van der Waals surface area contributed by atoms with Crippen LogP contribution in [0.1, 0.15) is 19.3 Å². The first-order valence-electron chi connectivity index (χ1n) is 6.89. The van der Waals surface area contributed by atoms with Crippen molar-refractivity contribution in [2.24, 2.45) is 10.7 Å². The second-order valence-corrected chi connectivity index (χ2v) is 8.47. The Morgan fingerprint density at radius 3 is 2.90 bits per heavy atom. The Kier molecular flexibility index (Phi) is 3.41. The summed E-state index contributed by atoms with van der Waals surface area (Å²) in [7, 11) is -3.17. The van der Waals surface area contributed by atoms with E-state index < -0.39 is 20.6 Å². The van der Waals surface area contributed by atoms with Crippen molar-refractivity contribution in [3.63, 3.8) is 0 Å². The first kappa shape index (κ1) is 14.7. The standard InChI is InChI=1S/C14H18ClN3O2S/c1-21(19,20)12-6-3-7-14(12)9-17-13(16)18(14)11-5-2-4-10(15)8-11/h2,4-5,8,12H,3,6-7,9H2,1H3,(H2,16,17). The molecule has 21 heavy (non-hydrogen) atoms. The van der Waals surface area contributed by atoms with Gasteiger partial charge in [-0.3, -0.25) is 4.99 Å². The second kappa shape index (κ2) is 4.88. The molecular weight excluding hydrogens is 310 g/mol. The van der Waals surface area contributed by atoms with E-state index in [-0.39, 0.29) is 0 Å². The number of nitrogens with zero attached hydrogens (tertiary/aromatic N) is 2. The summed E-state index contributed by atoms with van der Waals surface area (Å²) in [6.07, 6.45) is 3.58. The van der Waals surface area contributed by atoms with E-state index in [1.54, 1.807) is 12.1 Å². The minimum Gasteiger partial charge on any atom is -0.369 e. The summed E-state index contributed by atoms with van der Waals surface area (Å²) in [4.78, 5) is 6.21. The molecule has 0 radical (unpaired) electrons. The monoisotopic (exact) mass is 327 g/mol. The number of benzene rings is 1. The Labute approximate surface area is 129 Å². The molecule has 3 rings (SSSR count). The molecule has 1 aliphatic heterocycles. The first-order chi connectivity index (χ1) is 9.84. The highest BCUT2D eigenvalue weighted by Crippen LogP contribution is 2.44. The van der Waals surface area contributed by atoms with Crippen LogP contribution >= 0.6 is 11.6 Å². The molecule has 1 heterocycles. The molecule has 1 saturated carbocycles. The maximum Gasteiger partial charge on any atom is 0.196 e. The maximum atomic E-state index is 12.2. The van der Waals surface area contributed by atoms with E-state index in [0.29, 0.717) is 23.9 Å². The molecule has 1 aromatic carbocycles. The molecule has 2 N–H and O–H groups in total. The van der Waals surface area contributed by atoms with Crippen LogP contribution in [0.2, 0.25) is 5.02 Å². The van der Waals surface area contributed by atoms with E-state index in [1.807, 2.05) is 17.0 Å². The summed E-state index contributed by atoms with van der Waals surface area (Å²) >= 11 is 6.07. The molecule has 1 fully saturated rings. The van der Waals surface area contributed by atoms with E-state index in [2.05, 4.69) is 4.99 Å². The fraction of sp³-hybridized carbons (Fsp3) is 0.500. The molecule has 1 aliphatic carbocycles. The lowest BCUT2D eigenvalue weighted by Crippen LogP contribution is -2.58. The predicted molar refractivity (Wildman–Crippen MR) is 85.6 cm³/mol. The van der Waals surface area contributed by atoms with Gasteiger partial charge in [-0.2, -0.15) is 0 Å². The Balaban J connectivity index is 2.11. The van der Waals surface area contributed by atoms with E-state index >= 15 is 0 Å². The van der Waals surface area contributed by atoms with Crippen molar-refractivity contribution in [1.29, 1.82) is 0 Å². The lowest BCUT2D eigenvalue weighted by molar-refractivity contribution is 0.462. The minimum absolute atomic E-state index is 0.368. The second-order valence-electron chi connectivity index (χ2n) is 5.80. The molecule has 2 aliphatic rings. The van der Waals surface area contributed by atoms with Gasteiger partial charge in [0, 0.05) is 17.0 Å². The van der Waals surface area contributed by atoms with Gasteiger partial charge in [-0.25, -0.2) is 8.42 Å². The van der Waals surface area contributed by atoms with E-state index in [9.17, 15) is 8.42 Å². The third-order valence-electron chi connectivity index (χ3n) is 4.45. The van der Waals surface area contributed by atoms with Crippen LogP contribution in [0.15, 0.2) is 29.3 Å². The van der Waals surface area contributed by atoms with Crippen molar-refractivity contribution in [2.75, 3.05) is 17.7 Å². The number of nitrogens with two attached hydrogens (primary N) is 1. The van der Waals surface area contributed by atoms with Gasteiger partial charge in [-0.15, -0.1) is 0 Å². The van der Waals surface area contributed by atoms with Gasteiger partial charge in [0.2, 0.25) is 0 Å². The van der Waals surface area contributed by atoms with Crippen molar-refractivity contribution in [2.45, 2.75) is 30.1 Å². The molecule has 0 aromatic heterocycles. The van der Waals surface area contributed by atoms with Crippen LogP contribution < -0.4 is 10.6 Å². The van der Waals surface area contributed by atoms with Gasteiger partial charge < -0.3 is 10.6 Å². The zero-order valence-electron chi connectivity index (χ0n) is 11.8. The number of aliphatic imine (C=N–C) groups is 1. The highest BCUT2D eigenvalue weighted by molar-refractivity contribution is 7.91. The van der Waals surface area contributed by atoms with Crippen molar-refractivity contribution >= 4 is 33.1 Å². The maximum absolute atomic E-state index is 12.2. The van der Waals surface area contributed by atoms with E-state index in [1.165, 1.54) is 6.26 Å². The average Bonchev–Trinajstić information content (AvgIpc) is 2.95. The van der Waals surface area contributed by atoms with Gasteiger partial charge in [0.25, 0.3) is 0 Å². The summed E-state index contributed by atoms with van der Waals surface area (Å²) < 4.78 is 24.4. The van der Waals surface area contributed by atoms with Crippen LogP contribution in [0, 0.1) is 0 Å². The highest BCUT2D eigenvalue weighted by atomic mass is 35.5. The van der Waals surface area contributed by atoms with Crippen molar-refractivity contribution in [3.05, 3.63) is 29.3 Å². The van der Waals surface area contributed by atoms with Crippen molar-refractivity contribution in [1.82, 2.24) is 0 Å². The predicted octanol–water partition coefficient (Wildman–Crippen LogP) is 1.81. The Morgan fingerprint density at radius 2 is 2.24 bits per heavy atom. The Morgan fingerprint density at radius 1 is 1.48 bits per heavy atom. The zero-order valence-corrected chi connectivity index (χ0v) is 13.4. The average molecular weight is 328 g/mol. The molecule has 2 unspecified atom stereocenters. The van der Waals surface area contributed by atoms with Crippen LogP contribution in [-0.4, -0.2) is 38.0 Å². The smallest absolute Gasteiger partial charge is 0.196 e. The molecule has 1 spiro atoms. The summed E-state index contributed by atoms with van der Waals surface area (Å²) in [5.41, 5.74) is 6.29. The minimum atomic E-state index is -3.17. The van der Waals surface area contributed by atoms with Gasteiger partial charge in [-0.1, -0.05) is 17.7 Å². The van der Waals surface area contributed by atoms with E-state index in [0.717, 1.165) is 18.5 Å². The number of hydrogen-bond acceptors (Lipinski definition) is 5. The quantitative estimate of drug-likeness (QED) is 0.898. The SMILES string of the molecule is CS(=O)(=O)C1CCCC12CN=C(N)N2c1cccc(Cl)c1. The van der Waals surface area contributed by atoms with Gasteiger partial charge in [0.05, 0.1) is 17.3 Å². The Hall–Kier alpha value is -1.27. The van der Waals surface area contributed by atoms with Crippen LogP contribution in [0.3, 0.4) is 0 Å². The molecule has 114 valence electrons. The molecule has 0 saturated heterocycles. The van der Waals surface area contributed by atoms with Gasteiger partial charge in [0.15, 0.2) is 15.8 Å². The molecule has 1 aromatic rings. The number of halogens is 1. The highest BCUT2D eigenvalue weighted by Gasteiger charge is 2.55. The Bertz CT molecular complexity index is 704. The van der Waals surface area contributed by atoms with Crippen LogP contribution in [0.4, 0.5) is 5.69 Å². The molecule has 7 heteroatoms. The number of rotatable bonds is 2. The summed E-state index contributed by atoms with van der Waals surface area (Å²) in [6.45, 7) is 0.420. The van der Waals surface area contributed by atoms with E-state index in [4.69, 9.17) is 17.3 Å². The lowest BCUT2D eigenvalue weighted by Gasteiger charge is -2.40. The van der Waals surface area contributed by atoms with Crippen molar-refractivity contribution in [3.8, 4) is 0 Å². The van der Waals surface area contributed by atoms with Crippen LogP contribution in [0.5, 0.6) is 0 Å². The van der Waals surface area contributed by atoms with Crippen LogP contribution in [0.25, 0.3) is 0 Å². The molecular formula is C14H18ClN3O2S. The normalized spacial score (nSPS) is 29.1. The largest absolute Gasteiger partial charge is 0.369 e. The molecule has 5 nitrogen and oxygen atoms in total. The third kappa shape index (κ3) is 2.30. The fourth-order valence-corrected chi connectivity index (χ4v) is 5.54. The third-order valence-corrected chi connectivity index (χ3v) is 6.39. The van der Waals surface area contributed by atoms with Gasteiger partial charge in [-0.05, 0) is 37.5 Å². The zero-order chi connectivity index (χ0) is 15.3. The molecule has 2 atom stereocenters. The first-order valence-corrected chi connectivity index (χ1v) is 9.22. The lowest BCUT2D eigenvalue weighted by atomic mass is 9.95. The summed E-state index contributed by atoms with van der Waals surface area (Å²) in [6, 6.07) is 7.30. The fourth-order valence-electron chi connectivity index (χ4n) is 3.66. The van der Waals surface area contributed by atoms with Gasteiger partial charge in [0.1, 0.15) is 0 Å². The number of hydrogen-bond donors (Lipinski definition) is 1. The van der Waals surface area contributed by atoms with Crippen molar-refractivity contribution < 1.29 is 8.42 Å². The molecule has 0 amide bonds. The number of guanidine groups is 1. The summed E-state index contributed by atoms with van der Waals surface area (Å²) in [5.74, 6) is 0.368. The number of anilines is 1. The molecule has 0 bridgehead atoms. The van der Waals surface area contributed by atoms with Gasteiger partial charge >= 0.3 is 0 Å². The topological polar surface area (TPSA) is 75.8 Å². The summed E-state index contributed by atoms with van der Waals surface area (Å²) in [5, 5.41) is 0.144.